The fourth-order valence-corrected chi connectivity index (χ4v) is 5.06. The summed E-state index contributed by atoms with van der Waals surface area (Å²) in [7, 11) is 1.94. The van der Waals surface area contributed by atoms with Gasteiger partial charge in [0, 0.05) is 37.8 Å². The highest BCUT2D eigenvalue weighted by molar-refractivity contribution is 6.00. The van der Waals surface area contributed by atoms with Gasteiger partial charge in [-0.05, 0) is 35.9 Å². The number of hydrogen-bond acceptors (Lipinski definition) is 9. The van der Waals surface area contributed by atoms with Gasteiger partial charge in [-0.25, -0.2) is 0 Å². The average molecular weight is 622 g/mol. The van der Waals surface area contributed by atoms with E-state index in [2.05, 4.69) is 9.98 Å². The zero-order valence-corrected chi connectivity index (χ0v) is 24.6. The third kappa shape index (κ3) is 6.65. The summed E-state index contributed by atoms with van der Waals surface area (Å²) in [5.74, 6) is -1.84. The number of halogens is 2. The summed E-state index contributed by atoms with van der Waals surface area (Å²) in [4.78, 5) is 12.2. The topological polar surface area (TPSA) is 119 Å². The number of aliphatic imine (C=N–C) groups is 1. The van der Waals surface area contributed by atoms with Gasteiger partial charge in [-0.1, -0.05) is 42.5 Å². The first-order chi connectivity index (χ1) is 21.9. The van der Waals surface area contributed by atoms with Crippen molar-refractivity contribution in [1.29, 1.82) is 5.41 Å². The van der Waals surface area contributed by atoms with Crippen LogP contribution in [0, 0.1) is 17.0 Å². The molecule has 3 heterocycles. The maximum Gasteiger partial charge on any atom is 0.261 e. The van der Waals surface area contributed by atoms with E-state index < -0.39 is 23.4 Å². The van der Waals surface area contributed by atoms with E-state index in [1.807, 2.05) is 48.3 Å². The fourth-order valence-electron chi connectivity index (χ4n) is 5.06. The SMILES string of the molecule is [13CH3][15N]1C[13CH2][15N]=C1c1cccc(Oc2nc(Oc3cc([13C](=[15NH])[15NH2])ccc3OCc3ccccc3)c(F)c(N3CCOCC3)c2F)c1. The molecule has 3 N–H and O–H groups in total. The molecule has 0 unspecified atom stereocenters. The number of pyridine rings is 1. The van der Waals surface area contributed by atoms with Crippen LogP contribution in [0.25, 0.3) is 0 Å². The number of nitrogens with two attached hydrogens (primary N) is 1. The number of aromatic nitrogens is 1. The minimum absolute atomic E-state index is 0.0415. The molecule has 0 spiro atoms. The number of rotatable bonds is 10. The quantitative estimate of drug-likeness (QED) is 0.106. The summed E-state index contributed by atoms with van der Waals surface area (Å²) >= 11 is 0. The normalized spacial score (nSPS) is 14.7. The molecule has 45 heavy (non-hydrogen) atoms. The Balaban J connectivity index is 1.38. The first-order valence-corrected chi connectivity index (χ1v) is 14.5. The summed E-state index contributed by atoms with van der Waals surface area (Å²) in [5.41, 5.74) is 7.40. The van der Waals surface area contributed by atoms with Crippen molar-refractivity contribution < 1.29 is 27.7 Å². The van der Waals surface area contributed by atoms with E-state index in [1.165, 1.54) is 11.0 Å². The molecule has 2 aliphatic rings. The lowest BCUT2D eigenvalue weighted by Gasteiger charge is -2.30. The largest absolute Gasteiger partial charge is 0.485 e. The Labute approximate surface area is 259 Å². The van der Waals surface area contributed by atoms with Gasteiger partial charge in [-0.15, -0.1) is 0 Å². The molecule has 0 radical (unpaired) electrons. The zero-order chi connectivity index (χ0) is 31.3. The number of anilines is 1. The number of nitrogens with zero attached hydrogens (tertiary/aromatic N) is 4. The Kier molecular flexibility index (Phi) is 8.74. The van der Waals surface area contributed by atoms with Crippen LogP contribution >= 0.6 is 0 Å². The molecule has 1 aromatic heterocycles. The molecule has 0 atom stereocenters. The molecule has 6 rings (SSSR count). The van der Waals surface area contributed by atoms with Crippen molar-refractivity contribution in [1.82, 2.24) is 9.88 Å². The molecular weight excluding hydrogens is 589 g/mol. The predicted octanol–water partition coefficient (Wildman–Crippen LogP) is 5.34. The Morgan fingerprint density at radius 3 is 2.38 bits per heavy atom. The van der Waals surface area contributed by atoms with Crippen LogP contribution in [0.4, 0.5) is 14.5 Å². The van der Waals surface area contributed by atoms with Gasteiger partial charge in [0.2, 0.25) is 11.6 Å². The third-order valence-electron chi connectivity index (χ3n) is 7.39. The van der Waals surface area contributed by atoms with Crippen LogP contribution < -0.4 is 24.8 Å². The average Bonchev–Trinajstić information content (AvgIpc) is 3.49. The van der Waals surface area contributed by atoms with Gasteiger partial charge < -0.3 is 34.5 Å². The lowest BCUT2D eigenvalue weighted by Crippen LogP contribution is -2.37. The van der Waals surface area contributed by atoms with Crippen LogP contribution in [0.15, 0.2) is 77.8 Å². The van der Waals surface area contributed by atoms with Crippen molar-refractivity contribution >= 4 is 17.4 Å². The zero-order valence-electron chi connectivity index (χ0n) is 24.6. The summed E-state index contributed by atoms with van der Waals surface area (Å²) in [6.45, 7) is 2.76. The summed E-state index contributed by atoms with van der Waals surface area (Å²) in [5, 5.41) is 7.90. The summed E-state index contributed by atoms with van der Waals surface area (Å²) < 4.78 is 55.6. The van der Waals surface area contributed by atoms with Crippen molar-refractivity contribution in [2.45, 2.75) is 6.61 Å². The van der Waals surface area contributed by atoms with Gasteiger partial charge in [0.15, 0.2) is 11.5 Å². The van der Waals surface area contributed by atoms with Crippen molar-refractivity contribution in [3.05, 3.63) is 101 Å². The maximum absolute atomic E-state index is 16.2. The van der Waals surface area contributed by atoms with Gasteiger partial charge >= 0.3 is 0 Å². The molecule has 10 nitrogen and oxygen atoms in total. The number of hydrogen-bond donors (Lipinski definition) is 2. The molecule has 1 fully saturated rings. The molecule has 0 aliphatic carbocycles. The lowest BCUT2D eigenvalue weighted by molar-refractivity contribution is 0.122. The van der Waals surface area contributed by atoms with Gasteiger partial charge in [-0.3, -0.25) is 10.4 Å². The molecule has 3 aromatic carbocycles. The summed E-state index contributed by atoms with van der Waals surface area (Å²) in [6.07, 6.45) is 0. The van der Waals surface area contributed by atoms with Crippen LogP contribution in [0.2, 0.25) is 0 Å². The first kappa shape index (κ1) is 29.8. The van der Waals surface area contributed by atoms with Crippen molar-refractivity contribution in [2.24, 2.45) is 10.7 Å². The molecule has 2 aliphatic heterocycles. The highest BCUT2D eigenvalue weighted by Crippen LogP contribution is 2.40. The molecule has 4 aromatic rings. The smallest absolute Gasteiger partial charge is 0.261 e. The van der Waals surface area contributed by atoms with E-state index in [1.54, 1.807) is 30.3 Å². The summed E-state index contributed by atoms with van der Waals surface area (Å²) in [6, 6.07) is 21.1. The van der Waals surface area contributed by atoms with E-state index in [9.17, 15) is 0 Å². The van der Waals surface area contributed by atoms with E-state index >= 15 is 8.78 Å². The second-order valence-electron chi connectivity index (χ2n) is 10.5. The van der Waals surface area contributed by atoms with Crippen LogP contribution in [-0.2, 0) is 11.3 Å². The molecule has 1 saturated heterocycles. The Morgan fingerprint density at radius 2 is 1.67 bits per heavy atom. The molecular formula is C33H32F2N6O4. The fraction of sp³-hybridized carbons (Fsp3) is 0.242. The third-order valence-corrected chi connectivity index (χ3v) is 7.39. The van der Waals surface area contributed by atoms with E-state index in [-0.39, 0.29) is 48.5 Å². The Bertz CT molecular complexity index is 1730. The minimum Gasteiger partial charge on any atom is -0.485 e. The van der Waals surface area contributed by atoms with Crippen molar-refractivity contribution in [2.75, 3.05) is 51.3 Å². The van der Waals surface area contributed by atoms with E-state index in [4.69, 9.17) is 30.1 Å². The van der Waals surface area contributed by atoms with Crippen molar-refractivity contribution in [3.63, 3.8) is 0 Å². The Hall–Kier alpha value is -5.23. The van der Waals surface area contributed by atoms with Gasteiger partial charge in [-0.2, -0.15) is 13.8 Å². The number of ether oxygens (including phenoxy) is 4. The molecule has 0 amide bonds. The predicted molar refractivity (Wildman–Crippen MR) is 166 cm³/mol. The number of nitrogens with one attached hydrogen (secondary N) is 1. The lowest BCUT2D eigenvalue weighted by atomic mass is 10.2. The number of amidine groups is 2. The minimum atomic E-state index is -1.01. The van der Waals surface area contributed by atoms with Crippen LogP contribution in [0.3, 0.4) is 0 Å². The van der Waals surface area contributed by atoms with Crippen LogP contribution in [0.1, 0.15) is 16.7 Å². The maximum atomic E-state index is 16.2. The molecule has 12 heteroatoms. The van der Waals surface area contributed by atoms with Crippen LogP contribution in [-0.4, -0.2) is 68.0 Å². The second-order valence-corrected chi connectivity index (χ2v) is 10.5. The number of likely N-dealkylation sites (N-methyl/N-ethyl adjacent to an activating group) is 1. The highest BCUT2D eigenvalue weighted by Gasteiger charge is 2.29. The highest BCUT2D eigenvalue weighted by atomic mass is 19.1. The number of morpholine rings is 1. The van der Waals surface area contributed by atoms with Crippen LogP contribution in [0.5, 0.6) is 29.0 Å². The number of benzene rings is 3. The second kappa shape index (κ2) is 13.2. The molecule has 0 bridgehead atoms. The molecule has 0 saturated carbocycles. The standard InChI is InChI=1S/C33H32F2N6O4/c1-40-13-12-38-31(40)23-8-5-9-24(18-23)44-32-27(34)29(41-14-16-42-17-15-41)28(35)33(39-32)45-26-19-22(30(36)37)10-11-25(26)43-20-21-6-3-2-4-7-21/h2-11,18-19H,12-17,20H2,1H3,(H3,36,37)/i1+1,12+1,30+1,36+1,37+1,38+1,40+1. The molecule has 232 valence electrons. The Morgan fingerprint density at radius 1 is 0.911 bits per heavy atom. The monoisotopic (exact) mass is 621 g/mol. The van der Waals surface area contributed by atoms with Crippen molar-refractivity contribution in [3.8, 4) is 29.0 Å². The number of nitrogen functional groups attached to an aromatic ring is 1. The van der Waals surface area contributed by atoms with E-state index in [0.717, 1.165) is 23.5 Å². The van der Waals surface area contributed by atoms with Gasteiger partial charge in [0.1, 0.15) is 29.7 Å². The van der Waals surface area contributed by atoms with E-state index in [0.29, 0.717) is 25.3 Å². The first-order valence-electron chi connectivity index (χ1n) is 14.5. The van der Waals surface area contributed by atoms with Gasteiger partial charge in [0.05, 0.1) is 19.8 Å². The van der Waals surface area contributed by atoms with Gasteiger partial charge in [0.25, 0.3) is 11.8 Å².